The van der Waals surface area contributed by atoms with Crippen LogP contribution in [0.25, 0.3) is 11.8 Å². The molecule has 0 saturated carbocycles. The highest BCUT2D eigenvalue weighted by atomic mass is 79.9. The first-order valence-electron chi connectivity index (χ1n) is 14.4. The summed E-state index contributed by atoms with van der Waals surface area (Å²) in [6, 6.07) is 25.4. The summed E-state index contributed by atoms with van der Waals surface area (Å²) in [5.74, 6) is -0.520. The fraction of sp³-hybridized carbons (Fsp3) is 0.114. The molecule has 1 aliphatic rings. The predicted octanol–water partition coefficient (Wildman–Crippen LogP) is 6.32. The number of carbonyl (C=O) groups excluding carboxylic acids is 1. The molecule has 236 valence electrons. The van der Waals surface area contributed by atoms with Gasteiger partial charge in [0.2, 0.25) is 0 Å². The van der Waals surface area contributed by atoms with Gasteiger partial charge in [-0.1, -0.05) is 59.9 Å². The molecule has 47 heavy (non-hydrogen) atoms. The number of thiazole rings is 1. The van der Waals surface area contributed by atoms with E-state index in [4.69, 9.17) is 14.5 Å². The number of rotatable bonds is 9. The molecule has 0 unspecified atom stereocenters. The standard InChI is InChI=1S/C35H25BrFN3O6S/c1-2-45-34(42)30-31(23-6-4-3-5-7-23)38-35-39(32(30)24-11-13-25(37)14-12-24)33(41)29(47-35)19-22-10-17-28(27(36)18-22)46-20-21-8-15-26(16-9-21)40(43)44/h3-19,32H,2,20H2,1H3/b29-19-/t32-/m0/s1. The number of nitro benzene ring substituents is 1. The van der Waals surface area contributed by atoms with Gasteiger partial charge in [0.25, 0.3) is 11.2 Å². The number of fused-ring (bicyclic) bond motifs is 1. The number of hydrogen-bond acceptors (Lipinski definition) is 8. The van der Waals surface area contributed by atoms with Crippen LogP contribution in [-0.4, -0.2) is 22.1 Å². The maximum atomic E-state index is 14.1. The molecule has 0 fully saturated rings. The second-order valence-corrected chi connectivity index (χ2v) is 12.2. The van der Waals surface area contributed by atoms with Crippen LogP contribution in [0, 0.1) is 15.9 Å². The molecule has 5 aromatic rings. The number of ether oxygens (including phenoxy) is 2. The van der Waals surface area contributed by atoms with E-state index in [0.29, 0.717) is 41.9 Å². The van der Waals surface area contributed by atoms with Gasteiger partial charge in [-0.05, 0) is 82.0 Å². The molecule has 0 N–H and O–H groups in total. The quantitative estimate of drug-likeness (QED) is 0.100. The highest BCUT2D eigenvalue weighted by molar-refractivity contribution is 9.10. The van der Waals surface area contributed by atoms with Crippen LogP contribution in [0.15, 0.2) is 117 Å². The number of benzene rings is 4. The van der Waals surface area contributed by atoms with Gasteiger partial charge < -0.3 is 9.47 Å². The lowest BCUT2D eigenvalue weighted by Gasteiger charge is -2.25. The number of aromatic nitrogens is 1. The lowest BCUT2D eigenvalue weighted by Crippen LogP contribution is -2.40. The average Bonchev–Trinajstić information content (AvgIpc) is 3.38. The van der Waals surface area contributed by atoms with Crippen molar-refractivity contribution in [2.45, 2.75) is 19.6 Å². The Bertz CT molecular complexity index is 2200. The Morgan fingerprint density at radius 1 is 1.06 bits per heavy atom. The van der Waals surface area contributed by atoms with E-state index in [2.05, 4.69) is 15.9 Å². The maximum Gasteiger partial charge on any atom is 0.338 e. The fourth-order valence-electron chi connectivity index (χ4n) is 5.15. The van der Waals surface area contributed by atoms with Crippen molar-refractivity contribution in [3.05, 3.63) is 165 Å². The van der Waals surface area contributed by atoms with Gasteiger partial charge in [-0.25, -0.2) is 14.2 Å². The Labute approximate surface area is 279 Å². The molecule has 4 aromatic carbocycles. The summed E-state index contributed by atoms with van der Waals surface area (Å²) in [6.07, 6.45) is 1.73. The molecule has 2 heterocycles. The van der Waals surface area contributed by atoms with E-state index < -0.39 is 22.8 Å². The van der Waals surface area contributed by atoms with Crippen LogP contribution in [0.1, 0.15) is 35.2 Å². The number of nitro groups is 1. The number of non-ortho nitro benzene ring substituents is 1. The Morgan fingerprint density at radius 2 is 1.79 bits per heavy atom. The third kappa shape index (κ3) is 6.69. The van der Waals surface area contributed by atoms with Crippen LogP contribution in [0.5, 0.6) is 5.75 Å². The van der Waals surface area contributed by atoms with E-state index in [1.165, 1.54) is 40.2 Å². The molecule has 0 saturated heterocycles. The van der Waals surface area contributed by atoms with Gasteiger partial charge in [0.15, 0.2) is 4.80 Å². The third-order valence-corrected chi connectivity index (χ3v) is 8.96. The molecule has 6 rings (SSSR count). The number of esters is 1. The van der Waals surface area contributed by atoms with Crippen LogP contribution in [0.2, 0.25) is 0 Å². The van der Waals surface area contributed by atoms with Crippen molar-refractivity contribution < 1.29 is 23.6 Å². The van der Waals surface area contributed by atoms with E-state index in [0.717, 1.165) is 5.56 Å². The Kier molecular flexibility index (Phi) is 9.23. The zero-order valence-corrected chi connectivity index (χ0v) is 27.2. The van der Waals surface area contributed by atoms with E-state index in [1.807, 2.05) is 30.3 Å². The van der Waals surface area contributed by atoms with Crippen LogP contribution in [-0.2, 0) is 16.1 Å². The smallest absolute Gasteiger partial charge is 0.338 e. The van der Waals surface area contributed by atoms with Crippen molar-refractivity contribution in [1.29, 1.82) is 0 Å². The van der Waals surface area contributed by atoms with Gasteiger partial charge in [0.1, 0.15) is 18.2 Å². The minimum atomic E-state index is -0.912. The first-order chi connectivity index (χ1) is 22.7. The summed E-state index contributed by atoms with van der Waals surface area (Å²) >= 11 is 4.72. The SMILES string of the molecule is CCOC(=O)C1=C(c2ccccc2)N=c2s/c(=C\c3ccc(OCc4ccc([N+](=O)[O-])cc4)c(Br)c3)c(=O)n2[C@H]1c1ccc(F)cc1. The predicted molar refractivity (Wildman–Crippen MR) is 179 cm³/mol. The normalized spacial score (nSPS) is 14.4. The molecule has 0 radical (unpaired) electrons. The molecule has 12 heteroatoms. The molecule has 9 nitrogen and oxygen atoms in total. The largest absolute Gasteiger partial charge is 0.488 e. The Balaban J connectivity index is 1.41. The monoisotopic (exact) mass is 713 g/mol. The summed E-state index contributed by atoms with van der Waals surface area (Å²) in [6.45, 7) is 2.02. The van der Waals surface area contributed by atoms with Crippen LogP contribution in [0.4, 0.5) is 10.1 Å². The third-order valence-electron chi connectivity index (χ3n) is 7.35. The summed E-state index contributed by atoms with van der Waals surface area (Å²) in [5.41, 5.74) is 2.87. The van der Waals surface area contributed by atoms with Crippen molar-refractivity contribution in [2.75, 3.05) is 6.61 Å². The molecule has 0 bridgehead atoms. The molecule has 1 aliphatic heterocycles. The lowest BCUT2D eigenvalue weighted by atomic mass is 9.93. The van der Waals surface area contributed by atoms with Crippen LogP contribution >= 0.6 is 27.3 Å². The molecule has 0 aliphatic carbocycles. The molecule has 1 atom stereocenters. The minimum absolute atomic E-state index is 0.00181. The summed E-state index contributed by atoms with van der Waals surface area (Å²) in [4.78, 5) is 43.3. The van der Waals surface area contributed by atoms with Crippen molar-refractivity contribution in [3.8, 4) is 5.75 Å². The lowest BCUT2D eigenvalue weighted by molar-refractivity contribution is -0.384. The Hall–Kier alpha value is -5.20. The number of hydrogen-bond donors (Lipinski definition) is 0. The number of halogens is 2. The van der Waals surface area contributed by atoms with Gasteiger partial charge in [-0.2, -0.15) is 0 Å². The second kappa shape index (κ2) is 13.7. The van der Waals surface area contributed by atoms with Crippen LogP contribution < -0.4 is 19.6 Å². The molecule has 1 aromatic heterocycles. The van der Waals surface area contributed by atoms with Crippen molar-refractivity contribution in [1.82, 2.24) is 4.57 Å². The first-order valence-corrected chi connectivity index (χ1v) is 16.0. The zero-order valence-electron chi connectivity index (χ0n) is 24.8. The van der Waals surface area contributed by atoms with Gasteiger partial charge >= 0.3 is 5.97 Å². The van der Waals surface area contributed by atoms with Crippen molar-refractivity contribution >= 4 is 50.7 Å². The van der Waals surface area contributed by atoms with E-state index in [1.54, 1.807) is 55.5 Å². The van der Waals surface area contributed by atoms with Crippen molar-refractivity contribution in [2.24, 2.45) is 4.99 Å². The van der Waals surface area contributed by atoms with E-state index in [-0.39, 0.29) is 30.0 Å². The van der Waals surface area contributed by atoms with E-state index in [9.17, 15) is 24.1 Å². The van der Waals surface area contributed by atoms with Gasteiger partial charge in [0, 0.05) is 17.7 Å². The van der Waals surface area contributed by atoms with Crippen LogP contribution in [0.3, 0.4) is 0 Å². The maximum absolute atomic E-state index is 14.1. The molecule has 0 amide bonds. The fourth-order valence-corrected chi connectivity index (χ4v) is 6.66. The van der Waals surface area contributed by atoms with Gasteiger partial charge in [0.05, 0.1) is 37.8 Å². The number of nitrogens with zero attached hydrogens (tertiary/aromatic N) is 3. The summed E-state index contributed by atoms with van der Waals surface area (Å²) in [7, 11) is 0. The topological polar surface area (TPSA) is 113 Å². The zero-order chi connectivity index (χ0) is 33.1. The Morgan fingerprint density at radius 3 is 2.45 bits per heavy atom. The van der Waals surface area contributed by atoms with Gasteiger partial charge in [-0.3, -0.25) is 19.5 Å². The van der Waals surface area contributed by atoms with E-state index >= 15 is 0 Å². The molecular weight excluding hydrogens is 689 g/mol. The molecular formula is C35H25BrFN3O6S. The molecule has 0 spiro atoms. The highest BCUT2D eigenvalue weighted by Gasteiger charge is 2.35. The average molecular weight is 715 g/mol. The van der Waals surface area contributed by atoms with Crippen molar-refractivity contribution in [3.63, 3.8) is 0 Å². The minimum Gasteiger partial charge on any atom is -0.488 e. The second-order valence-electron chi connectivity index (χ2n) is 10.4. The van der Waals surface area contributed by atoms with Gasteiger partial charge in [-0.15, -0.1) is 0 Å². The summed E-state index contributed by atoms with van der Waals surface area (Å²) < 4.78 is 27.8. The highest BCUT2D eigenvalue weighted by Crippen LogP contribution is 2.35. The first kappa shape index (κ1) is 31.8. The number of carbonyl (C=O) groups is 1. The summed E-state index contributed by atoms with van der Waals surface area (Å²) in [5, 5.41) is 10.9.